The van der Waals surface area contributed by atoms with Gasteiger partial charge in [0.1, 0.15) is 48.6 Å². The summed E-state index contributed by atoms with van der Waals surface area (Å²) in [6.07, 6.45) is 5.98. The first-order valence-electron chi connectivity index (χ1n) is 31.5. The molecule has 0 fully saturated rings. The van der Waals surface area contributed by atoms with Crippen LogP contribution in [0, 0.1) is 0 Å². The lowest BCUT2D eigenvalue weighted by molar-refractivity contribution is -0.135. The summed E-state index contributed by atoms with van der Waals surface area (Å²) in [5, 5.41) is 33.8. The van der Waals surface area contributed by atoms with Crippen molar-refractivity contribution in [2.24, 2.45) is 34.4 Å². The maximum Gasteiger partial charge on any atom is 0.251 e. The SMILES string of the molecule is CCCCCCCC[C@H](NC(=O)[C@@H](Cc1ccccc1)NC(=O)[C@@H](N)CCN)C(=O)N[C@@H](CCN)C(=O)N[C@@H](CCN)C(=O)N[C@@H](C)CONCC[C@@H](C=O)NC(=O)[C@H](CCN)NC(=O)[C@H](CCO)NC(=O)[C@H](CCN)NC(=O)c1ccc(-c2ccccc2)cc1. The Morgan fingerprint density at radius 2 is 0.879 bits per heavy atom. The molecule has 28 nitrogen and oxygen atoms in total. The minimum Gasteiger partial charge on any atom is -0.396 e. The van der Waals surface area contributed by atoms with E-state index in [-0.39, 0.29) is 109 Å². The van der Waals surface area contributed by atoms with Gasteiger partial charge in [-0.15, -0.1) is 0 Å². The molecule has 0 saturated carbocycles. The van der Waals surface area contributed by atoms with Crippen molar-refractivity contribution in [2.75, 3.05) is 52.5 Å². The standard InChI is InChI=1S/C63H100N16O12/c1-3-4-5-6-7-14-19-48(74-63(90)54(38-42-15-10-8-11-16-42)79-56(83)47(69)24-31-64)59(86)77-52(28-35-68)61(88)75-49(25-32-65)57(84)71-41(2)40-91-70-36-29-46(39-81)72-58(85)50(26-33-66)76-62(89)53(30-37-80)78-60(87)51(27-34-67)73-55(82)45-22-20-44(21-23-45)43-17-12-9-13-18-43/h8-13,15-18,20-23,39,41,46-54,70,80H,3-7,14,19,24-38,40,64-69H2,1-2H3,(H,71,84)(H,72,85)(H,73,82)(H,74,90)(H,75,88)(H,76,89)(H,77,86)(H,78,87)(H,79,83)/t41-,46-,47-,48-,49-,50-,51-,52-,53-,54+/m0/s1. The second kappa shape index (κ2) is 44.6. The molecule has 504 valence electrons. The Morgan fingerprint density at radius 3 is 1.37 bits per heavy atom. The molecule has 0 aliphatic carbocycles. The molecule has 3 aromatic rings. The monoisotopic (exact) mass is 1270 g/mol. The van der Waals surface area contributed by atoms with Crippen molar-refractivity contribution < 1.29 is 57.9 Å². The van der Waals surface area contributed by atoms with E-state index in [0.29, 0.717) is 12.7 Å². The minimum atomic E-state index is -1.36. The number of hydroxylamine groups is 1. The maximum atomic E-state index is 14.2. The number of hydrogen-bond acceptors (Lipinski definition) is 19. The molecule has 9 amide bonds. The van der Waals surface area contributed by atoms with Crippen molar-refractivity contribution >= 4 is 59.5 Å². The molecular formula is C63H100N16O12. The van der Waals surface area contributed by atoms with Gasteiger partial charge in [0.2, 0.25) is 47.3 Å². The normalized spacial score (nSPS) is 14.4. The largest absolute Gasteiger partial charge is 0.396 e. The number of carbonyl (C=O) groups is 10. The van der Waals surface area contributed by atoms with Crippen LogP contribution >= 0.6 is 0 Å². The Kier molecular flexibility index (Phi) is 38.0. The summed E-state index contributed by atoms with van der Waals surface area (Å²) in [6.45, 7) is 3.15. The zero-order chi connectivity index (χ0) is 66.9. The van der Waals surface area contributed by atoms with Crippen molar-refractivity contribution in [3.05, 3.63) is 96.1 Å². The maximum absolute atomic E-state index is 14.2. The van der Waals surface area contributed by atoms with Gasteiger partial charge >= 0.3 is 0 Å². The van der Waals surface area contributed by atoms with Crippen molar-refractivity contribution in [3.63, 3.8) is 0 Å². The van der Waals surface area contributed by atoms with Crippen LogP contribution in [0.1, 0.15) is 120 Å². The van der Waals surface area contributed by atoms with Gasteiger partial charge < -0.3 is 92.2 Å². The third-order valence-corrected chi connectivity index (χ3v) is 14.7. The van der Waals surface area contributed by atoms with Gasteiger partial charge in [0.25, 0.3) is 5.91 Å². The molecule has 0 heterocycles. The smallest absolute Gasteiger partial charge is 0.251 e. The van der Waals surface area contributed by atoms with E-state index in [1.807, 2.05) is 36.4 Å². The molecule has 91 heavy (non-hydrogen) atoms. The summed E-state index contributed by atoms with van der Waals surface area (Å²) >= 11 is 0. The first-order valence-corrected chi connectivity index (χ1v) is 31.5. The number of aliphatic hydroxyl groups is 1. The molecule has 3 rings (SSSR count). The second-order valence-electron chi connectivity index (χ2n) is 22.2. The number of benzene rings is 3. The van der Waals surface area contributed by atoms with Gasteiger partial charge in [-0.1, -0.05) is 118 Å². The van der Waals surface area contributed by atoms with E-state index < -0.39 is 120 Å². The number of nitrogens with one attached hydrogen (secondary N) is 10. The van der Waals surface area contributed by atoms with E-state index >= 15 is 0 Å². The molecule has 23 N–H and O–H groups in total. The molecule has 0 radical (unpaired) electrons. The molecule has 0 unspecified atom stereocenters. The van der Waals surface area contributed by atoms with Crippen LogP contribution in [0.25, 0.3) is 11.1 Å². The molecule has 0 bridgehead atoms. The zero-order valence-corrected chi connectivity index (χ0v) is 52.6. The van der Waals surface area contributed by atoms with Gasteiger partial charge in [0.15, 0.2) is 0 Å². The van der Waals surface area contributed by atoms with Crippen LogP contribution in [0.3, 0.4) is 0 Å². The average Bonchev–Trinajstić information content (AvgIpc) is 1.43. The van der Waals surface area contributed by atoms with Crippen molar-refractivity contribution in [1.29, 1.82) is 0 Å². The Hall–Kier alpha value is -7.80. The summed E-state index contributed by atoms with van der Waals surface area (Å²) in [5.41, 5.74) is 40.6. The number of aldehydes is 1. The topological polar surface area (TPSA) is 477 Å². The van der Waals surface area contributed by atoms with Crippen LogP contribution in [0.4, 0.5) is 0 Å². The molecule has 28 heteroatoms. The fraction of sp³-hybridized carbons (Fsp3) is 0.556. The fourth-order valence-electron chi connectivity index (χ4n) is 9.55. The van der Waals surface area contributed by atoms with Gasteiger partial charge in [0.05, 0.1) is 24.7 Å². The summed E-state index contributed by atoms with van der Waals surface area (Å²) in [6, 6.07) is 14.2. The average molecular weight is 1270 g/mol. The third kappa shape index (κ3) is 29.4. The number of rotatable bonds is 47. The van der Waals surface area contributed by atoms with E-state index in [9.17, 15) is 53.1 Å². The summed E-state index contributed by atoms with van der Waals surface area (Å²) in [7, 11) is 0. The quantitative estimate of drug-likeness (QED) is 0.0164. The lowest BCUT2D eigenvalue weighted by Crippen LogP contribution is -2.59. The lowest BCUT2D eigenvalue weighted by Gasteiger charge is -2.27. The van der Waals surface area contributed by atoms with Crippen molar-refractivity contribution in [3.8, 4) is 11.1 Å². The highest BCUT2D eigenvalue weighted by atomic mass is 16.6. The molecule has 0 aliphatic rings. The molecular weight excluding hydrogens is 1170 g/mol. The number of aliphatic hydroxyl groups excluding tert-OH is 1. The van der Waals surface area contributed by atoms with Crippen molar-refractivity contribution in [1.82, 2.24) is 53.3 Å². The Morgan fingerprint density at radius 1 is 0.462 bits per heavy atom. The predicted molar refractivity (Wildman–Crippen MR) is 345 cm³/mol. The number of amides is 9. The van der Waals surface area contributed by atoms with Gasteiger partial charge in [-0.3, -0.25) is 48.0 Å². The van der Waals surface area contributed by atoms with E-state index in [0.717, 1.165) is 48.8 Å². The van der Waals surface area contributed by atoms with Crippen LogP contribution in [0.2, 0.25) is 0 Å². The highest BCUT2D eigenvalue weighted by Gasteiger charge is 2.34. The lowest BCUT2D eigenvalue weighted by atomic mass is 10.0. The van der Waals surface area contributed by atoms with Crippen LogP contribution in [0.15, 0.2) is 84.9 Å². The Labute approximate surface area is 533 Å². The number of unbranched alkanes of at least 4 members (excludes halogenated alkanes) is 5. The molecule has 3 aromatic carbocycles. The van der Waals surface area contributed by atoms with Crippen LogP contribution in [-0.4, -0.2) is 177 Å². The first kappa shape index (κ1) is 77.4. The predicted octanol–water partition coefficient (Wildman–Crippen LogP) is -2.09. The van der Waals surface area contributed by atoms with Gasteiger partial charge in [-0.05, 0) is 120 Å². The number of nitrogens with two attached hydrogens (primary N) is 6. The minimum absolute atomic E-state index is 0.00293. The summed E-state index contributed by atoms with van der Waals surface area (Å²) in [4.78, 5) is 140. The highest BCUT2D eigenvalue weighted by molar-refractivity contribution is 5.99. The Bertz CT molecular complexity index is 2680. The molecule has 0 aromatic heterocycles. The van der Waals surface area contributed by atoms with Crippen LogP contribution in [0.5, 0.6) is 0 Å². The van der Waals surface area contributed by atoms with Gasteiger partial charge in [0, 0.05) is 25.1 Å². The van der Waals surface area contributed by atoms with Gasteiger partial charge in [-0.2, -0.15) is 0 Å². The molecule has 0 saturated heterocycles. The molecule has 0 spiro atoms. The zero-order valence-electron chi connectivity index (χ0n) is 52.6. The third-order valence-electron chi connectivity index (χ3n) is 14.7. The molecule has 0 aliphatic heterocycles. The van der Waals surface area contributed by atoms with E-state index in [4.69, 9.17) is 39.2 Å². The van der Waals surface area contributed by atoms with Crippen LogP contribution < -0.4 is 87.7 Å². The second-order valence-corrected chi connectivity index (χ2v) is 22.2. The van der Waals surface area contributed by atoms with Crippen molar-refractivity contribution in [2.45, 2.75) is 171 Å². The summed E-state index contributed by atoms with van der Waals surface area (Å²) in [5.74, 6) is -6.17. The van der Waals surface area contributed by atoms with E-state index in [1.165, 1.54) is 0 Å². The number of carbonyl (C=O) groups excluding carboxylic acids is 10. The Balaban J connectivity index is 1.57. The highest BCUT2D eigenvalue weighted by Crippen LogP contribution is 2.20. The summed E-state index contributed by atoms with van der Waals surface area (Å²) < 4.78 is 0. The van der Waals surface area contributed by atoms with Gasteiger partial charge in [-0.25, -0.2) is 5.48 Å². The van der Waals surface area contributed by atoms with Crippen LogP contribution in [-0.2, 0) is 54.4 Å². The fourth-order valence-corrected chi connectivity index (χ4v) is 9.55. The van der Waals surface area contributed by atoms with E-state index in [2.05, 4.69) is 60.3 Å². The number of hydrogen-bond donors (Lipinski definition) is 17. The molecule has 10 atom stereocenters. The van der Waals surface area contributed by atoms with E-state index in [1.54, 1.807) is 55.5 Å². The first-order chi connectivity index (χ1) is 43.9.